The maximum absolute atomic E-state index is 11.6. The lowest BCUT2D eigenvalue weighted by Gasteiger charge is -2.03. The molecule has 0 aliphatic rings. The number of nitrogens with zero attached hydrogens (tertiary/aromatic N) is 1. The van der Waals surface area contributed by atoms with Crippen LogP contribution >= 0.6 is 11.3 Å². The zero-order valence-electron chi connectivity index (χ0n) is 11.6. The Morgan fingerprint density at radius 3 is 2.86 bits per heavy atom. The van der Waals surface area contributed by atoms with Gasteiger partial charge in [0, 0.05) is 13.7 Å². The summed E-state index contributed by atoms with van der Waals surface area (Å²) in [4.78, 5) is 27.3. The Balaban J connectivity index is 2.08. The van der Waals surface area contributed by atoms with Gasteiger partial charge in [0.05, 0.1) is 29.5 Å². The lowest BCUT2D eigenvalue weighted by atomic mass is 10.2. The van der Waals surface area contributed by atoms with Gasteiger partial charge in [-0.3, -0.25) is 5.32 Å². The maximum atomic E-state index is 11.6. The van der Waals surface area contributed by atoms with Crippen LogP contribution in [0.15, 0.2) is 18.2 Å². The number of aromatic nitrogens is 1. The van der Waals surface area contributed by atoms with E-state index in [1.807, 2.05) is 0 Å². The third kappa shape index (κ3) is 3.89. The summed E-state index contributed by atoms with van der Waals surface area (Å²) in [7, 11) is 2.89. The van der Waals surface area contributed by atoms with Crippen molar-refractivity contribution in [3.05, 3.63) is 23.8 Å². The minimum Gasteiger partial charge on any atom is -0.465 e. The number of nitrogens with one attached hydrogen (secondary N) is 2. The van der Waals surface area contributed by atoms with Crippen molar-refractivity contribution >= 4 is 38.7 Å². The second-order valence-corrected chi connectivity index (χ2v) is 5.10. The lowest BCUT2D eigenvalue weighted by Crippen LogP contribution is -2.31. The van der Waals surface area contributed by atoms with Crippen LogP contribution < -0.4 is 10.6 Å². The van der Waals surface area contributed by atoms with Crippen molar-refractivity contribution < 1.29 is 19.1 Å². The Kier molecular flexibility index (Phi) is 5.07. The average molecular weight is 309 g/mol. The van der Waals surface area contributed by atoms with E-state index >= 15 is 0 Å². The van der Waals surface area contributed by atoms with Crippen LogP contribution in [0, 0.1) is 0 Å². The van der Waals surface area contributed by atoms with E-state index in [4.69, 9.17) is 4.74 Å². The summed E-state index contributed by atoms with van der Waals surface area (Å²) >= 11 is 1.28. The van der Waals surface area contributed by atoms with E-state index < -0.39 is 5.97 Å². The summed E-state index contributed by atoms with van der Waals surface area (Å²) < 4.78 is 10.3. The second kappa shape index (κ2) is 7.00. The summed E-state index contributed by atoms with van der Waals surface area (Å²) in [5, 5.41) is 5.73. The van der Waals surface area contributed by atoms with Crippen molar-refractivity contribution in [1.82, 2.24) is 10.3 Å². The molecule has 21 heavy (non-hydrogen) atoms. The highest BCUT2D eigenvalue weighted by Gasteiger charge is 2.11. The highest BCUT2D eigenvalue weighted by molar-refractivity contribution is 7.22. The van der Waals surface area contributed by atoms with Crippen LogP contribution in [0.3, 0.4) is 0 Å². The molecule has 8 heteroatoms. The fourth-order valence-corrected chi connectivity index (χ4v) is 2.53. The number of thiazole rings is 1. The summed E-state index contributed by atoms with van der Waals surface area (Å²) in [6.07, 6.45) is 0. The number of carbonyl (C=O) groups excluding carboxylic acids is 2. The Labute approximate surface area is 125 Å². The summed E-state index contributed by atoms with van der Waals surface area (Å²) in [5.74, 6) is -0.405. The van der Waals surface area contributed by atoms with Crippen LogP contribution in [0.25, 0.3) is 10.2 Å². The average Bonchev–Trinajstić information content (AvgIpc) is 2.87. The molecule has 7 nitrogen and oxygen atoms in total. The first-order valence-corrected chi connectivity index (χ1v) is 6.98. The Morgan fingerprint density at radius 1 is 1.33 bits per heavy atom. The van der Waals surface area contributed by atoms with Crippen LogP contribution in [0.5, 0.6) is 0 Å². The van der Waals surface area contributed by atoms with Gasteiger partial charge in [0.15, 0.2) is 5.13 Å². The molecule has 0 atom stereocenters. The minimum absolute atomic E-state index is 0.348. The number of rotatable bonds is 5. The minimum atomic E-state index is -0.405. The molecule has 2 N–H and O–H groups in total. The topological polar surface area (TPSA) is 89.5 Å². The van der Waals surface area contributed by atoms with Gasteiger partial charge in [0.1, 0.15) is 0 Å². The molecule has 112 valence electrons. The number of anilines is 1. The Bertz CT molecular complexity index is 656. The predicted molar refractivity (Wildman–Crippen MR) is 79.9 cm³/mol. The lowest BCUT2D eigenvalue weighted by molar-refractivity contribution is 0.0601. The zero-order chi connectivity index (χ0) is 15.2. The van der Waals surface area contributed by atoms with Gasteiger partial charge in [-0.1, -0.05) is 11.3 Å². The smallest absolute Gasteiger partial charge is 0.337 e. The molecule has 0 aliphatic heterocycles. The van der Waals surface area contributed by atoms with Gasteiger partial charge < -0.3 is 14.8 Å². The molecule has 1 aromatic heterocycles. The van der Waals surface area contributed by atoms with Crippen molar-refractivity contribution in [2.45, 2.75) is 0 Å². The third-order valence-electron chi connectivity index (χ3n) is 2.62. The molecule has 0 saturated carbocycles. The first-order chi connectivity index (χ1) is 10.1. The number of carbonyl (C=O) groups is 2. The SMILES string of the molecule is COCCNC(=O)Nc1nc2ccc(C(=O)OC)cc2s1. The molecule has 2 rings (SSSR count). The number of methoxy groups -OCH3 is 2. The summed E-state index contributed by atoms with van der Waals surface area (Å²) in [5.41, 5.74) is 1.16. The van der Waals surface area contributed by atoms with Crippen molar-refractivity contribution in [2.24, 2.45) is 0 Å². The van der Waals surface area contributed by atoms with E-state index in [-0.39, 0.29) is 6.03 Å². The van der Waals surface area contributed by atoms with Gasteiger partial charge in [0.25, 0.3) is 0 Å². The number of hydrogen-bond donors (Lipinski definition) is 2. The molecule has 2 aromatic rings. The van der Waals surface area contributed by atoms with Gasteiger partial charge in [-0.2, -0.15) is 0 Å². The van der Waals surface area contributed by atoms with Crippen molar-refractivity contribution in [3.8, 4) is 0 Å². The Morgan fingerprint density at radius 2 is 2.14 bits per heavy atom. The number of hydrogen-bond acceptors (Lipinski definition) is 6. The molecular formula is C13H15N3O4S. The molecule has 0 aliphatic carbocycles. The Hall–Kier alpha value is -2.19. The van der Waals surface area contributed by atoms with Crippen molar-refractivity contribution in [3.63, 3.8) is 0 Å². The number of urea groups is 1. The van der Waals surface area contributed by atoms with E-state index in [9.17, 15) is 9.59 Å². The van der Waals surface area contributed by atoms with E-state index in [0.29, 0.717) is 29.4 Å². The fourth-order valence-electron chi connectivity index (χ4n) is 1.63. The maximum Gasteiger partial charge on any atom is 0.337 e. The van der Waals surface area contributed by atoms with Gasteiger partial charge in [-0.15, -0.1) is 0 Å². The van der Waals surface area contributed by atoms with E-state index in [2.05, 4.69) is 20.4 Å². The predicted octanol–water partition coefficient (Wildman–Crippen LogP) is 1.85. The second-order valence-electron chi connectivity index (χ2n) is 4.07. The molecule has 0 saturated heterocycles. The van der Waals surface area contributed by atoms with Crippen LogP contribution in [0.4, 0.5) is 9.93 Å². The molecule has 0 spiro atoms. The van der Waals surface area contributed by atoms with E-state index in [0.717, 1.165) is 4.70 Å². The van der Waals surface area contributed by atoms with Crippen molar-refractivity contribution in [1.29, 1.82) is 0 Å². The van der Waals surface area contributed by atoms with E-state index in [1.165, 1.54) is 18.4 Å². The fraction of sp³-hybridized carbons (Fsp3) is 0.308. The first kappa shape index (κ1) is 15.2. The number of ether oxygens (including phenoxy) is 2. The molecule has 0 unspecified atom stereocenters. The normalized spacial score (nSPS) is 10.4. The van der Waals surface area contributed by atoms with Crippen LogP contribution in [-0.2, 0) is 9.47 Å². The number of benzene rings is 1. The molecule has 2 amide bonds. The molecule has 1 aromatic carbocycles. The number of esters is 1. The van der Waals surface area contributed by atoms with Crippen LogP contribution in [0.2, 0.25) is 0 Å². The molecule has 1 heterocycles. The molecule has 0 fully saturated rings. The van der Waals surface area contributed by atoms with Gasteiger partial charge in [-0.05, 0) is 18.2 Å². The van der Waals surface area contributed by atoms with Gasteiger partial charge in [-0.25, -0.2) is 14.6 Å². The highest BCUT2D eigenvalue weighted by Crippen LogP contribution is 2.26. The number of fused-ring (bicyclic) bond motifs is 1. The van der Waals surface area contributed by atoms with E-state index in [1.54, 1.807) is 25.3 Å². The largest absolute Gasteiger partial charge is 0.465 e. The van der Waals surface area contributed by atoms with Crippen molar-refractivity contribution in [2.75, 3.05) is 32.7 Å². The molecule has 0 radical (unpaired) electrons. The monoisotopic (exact) mass is 309 g/mol. The molecule has 0 bridgehead atoms. The van der Waals surface area contributed by atoms with Crippen LogP contribution in [-0.4, -0.2) is 44.4 Å². The van der Waals surface area contributed by atoms with Gasteiger partial charge >= 0.3 is 12.0 Å². The zero-order valence-corrected chi connectivity index (χ0v) is 12.5. The number of amides is 2. The third-order valence-corrected chi connectivity index (χ3v) is 3.56. The molecular weight excluding hydrogens is 294 g/mol. The quantitative estimate of drug-likeness (QED) is 0.650. The first-order valence-electron chi connectivity index (χ1n) is 6.16. The summed E-state index contributed by atoms with van der Waals surface area (Å²) in [6.45, 7) is 0.857. The van der Waals surface area contributed by atoms with Crippen LogP contribution in [0.1, 0.15) is 10.4 Å². The summed E-state index contributed by atoms with van der Waals surface area (Å²) in [6, 6.07) is 4.69. The standard InChI is InChI=1S/C13H15N3O4S/c1-19-6-5-14-12(18)16-13-15-9-4-3-8(11(17)20-2)7-10(9)21-13/h3-4,7H,5-6H2,1-2H3,(H2,14,15,16,18). The highest BCUT2D eigenvalue weighted by atomic mass is 32.1. The van der Waals surface area contributed by atoms with Gasteiger partial charge in [0.2, 0.25) is 0 Å².